The molecule has 5 heterocycles. The van der Waals surface area contributed by atoms with Crippen molar-refractivity contribution >= 4 is 11.7 Å². The van der Waals surface area contributed by atoms with Crippen molar-refractivity contribution in [2.75, 3.05) is 66.1 Å². The summed E-state index contributed by atoms with van der Waals surface area (Å²) in [6.07, 6.45) is -8.50. The second-order valence-corrected chi connectivity index (χ2v) is 23.4. The van der Waals surface area contributed by atoms with Crippen molar-refractivity contribution in [3.8, 4) is 0 Å². The van der Waals surface area contributed by atoms with Crippen LogP contribution in [0.1, 0.15) is 125 Å². The Morgan fingerprint density at radius 2 is 1.64 bits per heavy atom. The smallest absolute Gasteiger partial charge is 0.311 e. The van der Waals surface area contributed by atoms with Crippen molar-refractivity contribution in [3.05, 3.63) is 41.7 Å². The summed E-state index contributed by atoms with van der Waals surface area (Å²) in [7, 11) is 6.72. The number of rotatable bonds is 16. The molecule has 5 N–H and O–H groups in total. The Kier molecular flexibility index (Phi) is 21.3. The van der Waals surface area contributed by atoms with Crippen molar-refractivity contribution in [1.82, 2.24) is 24.8 Å². The van der Waals surface area contributed by atoms with Gasteiger partial charge in [-0.05, 0) is 112 Å². The van der Waals surface area contributed by atoms with Crippen LogP contribution < -0.4 is 4.90 Å². The molecule has 0 spiro atoms. The number of hydrogen-bond donors (Lipinski definition) is 5. The zero-order valence-corrected chi connectivity index (χ0v) is 47.5. The number of anilines is 1. The number of halogens is 2. The largest absolute Gasteiger partial charge is 0.459 e. The predicted molar refractivity (Wildman–Crippen MR) is 280 cm³/mol. The third kappa shape index (κ3) is 14.1. The van der Waals surface area contributed by atoms with Crippen molar-refractivity contribution in [3.63, 3.8) is 0 Å². The zero-order valence-electron chi connectivity index (χ0n) is 47.5. The van der Waals surface area contributed by atoms with Crippen LogP contribution in [0.2, 0.25) is 0 Å². The lowest BCUT2D eigenvalue weighted by atomic mass is 9.77. The average Bonchev–Trinajstić information content (AvgIpc) is 4.04. The SMILES string of the molecule is CC[C@H]1OC(=O)[C@H](C)[C@@H](O[C@H]2C[C@@](C)(OC)[C@@H](O)[C@H](C)O2)[C@H](C)[C@@H](O[C@@H]2O[C@H](C)C[C@H](N(C)CCc3cn([C@H](CF)[C@H](OC)c4ccc(N5CC[C@@H](F)C5)cc4)nn3)[C@H]2O)[C@](C)(O)C[C@@H](C)CN(C)[C@H](C)[C@@H](O)[C@]1(C)O. The van der Waals surface area contributed by atoms with E-state index >= 15 is 0 Å². The van der Waals surface area contributed by atoms with Gasteiger partial charge in [-0.25, -0.2) is 13.5 Å². The van der Waals surface area contributed by atoms with Gasteiger partial charge in [0.25, 0.3) is 0 Å². The van der Waals surface area contributed by atoms with Crippen LogP contribution >= 0.6 is 0 Å². The summed E-state index contributed by atoms with van der Waals surface area (Å²) in [5.74, 6) is -2.90. The standard InChI is InChI=1S/C55H92F2N6O13/c1-15-43-55(10,69)48(65)35(6)61(12)28-31(2)25-53(8,68)50(33(4)46(34(5)51(67)74-43)75-44-26-54(9,71-14)49(66)36(7)73-44)76-52-45(64)41(24-32(3)72-52)60(11)22-21-39-30-63(59-58-39)42(27-56)47(70-13)37-16-18-40(19-17-37)62-23-20-38(57)29-62/h16-19,30-36,38,41-50,52,64-66,68-69H,15,20-29H2,1-14H3/t31-,32-,33+,34-,35-,36+,38-,41+,42-,43-,44+,45-,46+,47-,48-,49+,50-,52+,53-,54-,55-/m1/s1. The van der Waals surface area contributed by atoms with E-state index in [1.165, 1.54) is 25.8 Å². The van der Waals surface area contributed by atoms with E-state index in [4.69, 9.17) is 33.2 Å². The first-order valence-electron chi connectivity index (χ1n) is 27.4. The van der Waals surface area contributed by atoms with E-state index in [2.05, 4.69) is 10.3 Å². The number of carbonyl (C=O) groups excluding carboxylic acids is 1. The van der Waals surface area contributed by atoms with Crippen LogP contribution in [0, 0.1) is 17.8 Å². The molecule has 21 heteroatoms. The molecular formula is C55H92F2N6O13. The Hall–Kier alpha value is -3.03. The van der Waals surface area contributed by atoms with Gasteiger partial charge < -0.3 is 73.4 Å². The molecule has 0 amide bonds. The monoisotopic (exact) mass is 1080 g/mol. The molecule has 434 valence electrons. The molecular weight excluding hydrogens is 991 g/mol. The number of alkyl halides is 2. The van der Waals surface area contributed by atoms with Crippen molar-refractivity contribution in [1.29, 1.82) is 0 Å². The summed E-state index contributed by atoms with van der Waals surface area (Å²) in [5.41, 5.74) is -2.37. The van der Waals surface area contributed by atoms with Gasteiger partial charge in [0.1, 0.15) is 55.0 Å². The molecule has 76 heavy (non-hydrogen) atoms. The van der Waals surface area contributed by atoms with Gasteiger partial charge in [0, 0.05) is 83.1 Å². The summed E-state index contributed by atoms with van der Waals surface area (Å²) in [5, 5.41) is 68.6. The lowest BCUT2D eigenvalue weighted by molar-refractivity contribution is -0.318. The molecule has 4 saturated heterocycles. The van der Waals surface area contributed by atoms with Crippen LogP contribution in [0.4, 0.5) is 14.5 Å². The lowest BCUT2D eigenvalue weighted by Gasteiger charge is -2.49. The number of benzene rings is 1. The minimum absolute atomic E-state index is 0.0794. The van der Waals surface area contributed by atoms with Gasteiger partial charge >= 0.3 is 5.97 Å². The van der Waals surface area contributed by atoms with E-state index in [9.17, 15) is 39.1 Å². The first-order chi connectivity index (χ1) is 35.7. The summed E-state index contributed by atoms with van der Waals surface area (Å²) < 4.78 is 74.4. The quantitative estimate of drug-likeness (QED) is 0.146. The van der Waals surface area contributed by atoms with E-state index < -0.39 is 133 Å². The van der Waals surface area contributed by atoms with E-state index in [0.717, 1.165) is 11.3 Å². The molecule has 0 bridgehead atoms. The van der Waals surface area contributed by atoms with Crippen LogP contribution in [-0.2, 0) is 44.4 Å². The molecule has 4 aliphatic heterocycles. The molecule has 6 rings (SSSR count). The maximum atomic E-state index is 14.9. The molecule has 0 unspecified atom stereocenters. The Balaban J connectivity index is 1.25. The number of hydrogen-bond acceptors (Lipinski definition) is 18. The Bertz CT molecular complexity index is 2130. The molecule has 0 radical (unpaired) electrons. The molecule has 0 saturated carbocycles. The summed E-state index contributed by atoms with van der Waals surface area (Å²) in [6.45, 7) is 18.4. The third-order valence-electron chi connectivity index (χ3n) is 17.2. The second-order valence-electron chi connectivity index (χ2n) is 23.4. The maximum Gasteiger partial charge on any atom is 0.311 e. The third-order valence-corrected chi connectivity index (χ3v) is 17.2. The van der Waals surface area contributed by atoms with E-state index in [0.29, 0.717) is 51.1 Å². The summed E-state index contributed by atoms with van der Waals surface area (Å²) in [4.78, 5) is 20.4. The van der Waals surface area contributed by atoms with Crippen LogP contribution in [-0.4, -0.2) is 214 Å². The van der Waals surface area contributed by atoms with Crippen LogP contribution in [0.25, 0.3) is 0 Å². The van der Waals surface area contributed by atoms with Gasteiger partial charge in [0.05, 0.1) is 47.2 Å². The fraction of sp³-hybridized carbons (Fsp3) is 0.836. The first-order valence-corrected chi connectivity index (χ1v) is 27.4. The zero-order chi connectivity index (χ0) is 56.2. The highest BCUT2D eigenvalue weighted by molar-refractivity contribution is 5.73. The highest BCUT2D eigenvalue weighted by Gasteiger charge is 2.53. The molecule has 4 aliphatic rings. The van der Waals surface area contributed by atoms with Crippen molar-refractivity contribution < 1.29 is 72.3 Å². The van der Waals surface area contributed by atoms with Crippen molar-refractivity contribution in [2.24, 2.45) is 17.8 Å². The summed E-state index contributed by atoms with van der Waals surface area (Å²) >= 11 is 0. The highest BCUT2D eigenvalue weighted by Crippen LogP contribution is 2.41. The number of aliphatic hydroxyl groups excluding tert-OH is 3. The topological polar surface area (TPSA) is 223 Å². The second kappa shape index (κ2) is 26.0. The minimum Gasteiger partial charge on any atom is -0.459 e. The van der Waals surface area contributed by atoms with Crippen LogP contribution in [0.15, 0.2) is 30.5 Å². The highest BCUT2D eigenvalue weighted by atomic mass is 19.1. The first kappa shape index (κ1) is 62.2. The number of aromatic nitrogens is 3. The fourth-order valence-corrected chi connectivity index (χ4v) is 12.3. The molecule has 4 fully saturated rings. The number of carbonyl (C=O) groups is 1. The number of ether oxygens (including phenoxy) is 7. The number of esters is 1. The van der Waals surface area contributed by atoms with Gasteiger partial charge in [0.2, 0.25) is 0 Å². The van der Waals surface area contributed by atoms with E-state index in [-0.39, 0.29) is 25.2 Å². The molecule has 2 aromatic rings. The molecule has 19 nitrogen and oxygen atoms in total. The predicted octanol–water partition coefficient (Wildman–Crippen LogP) is 4.55. The van der Waals surface area contributed by atoms with Crippen LogP contribution in [0.3, 0.4) is 0 Å². The number of nitrogens with zero attached hydrogens (tertiary/aromatic N) is 6. The van der Waals surface area contributed by atoms with Gasteiger partial charge in [-0.1, -0.05) is 38.1 Å². The maximum absolute atomic E-state index is 14.9. The van der Waals surface area contributed by atoms with Gasteiger partial charge in [-0.2, -0.15) is 0 Å². The van der Waals surface area contributed by atoms with Gasteiger partial charge in [0.15, 0.2) is 12.6 Å². The molecule has 1 aromatic carbocycles. The Morgan fingerprint density at radius 3 is 2.25 bits per heavy atom. The number of likely N-dealkylation sites (N-methyl/N-ethyl adjacent to an activating group) is 2. The summed E-state index contributed by atoms with van der Waals surface area (Å²) in [6, 6.07) is 5.62. The lowest BCUT2D eigenvalue weighted by Crippen LogP contribution is -2.61. The van der Waals surface area contributed by atoms with Gasteiger partial charge in [-0.3, -0.25) is 4.79 Å². The van der Waals surface area contributed by atoms with Gasteiger partial charge in [-0.15, -0.1) is 5.10 Å². The average molecular weight is 1080 g/mol. The molecule has 0 aliphatic carbocycles. The van der Waals surface area contributed by atoms with Crippen molar-refractivity contribution in [2.45, 2.75) is 216 Å². The van der Waals surface area contributed by atoms with E-state index in [1.54, 1.807) is 54.7 Å². The number of aliphatic hydroxyl groups is 5. The number of cyclic esters (lactones) is 1. The molecule has 1 aromatic heterocycles. The van der Waals surface area contributed by atoms with E-state index in [1.807, 2.05) is 66.9 Å². The molecule has 21 atom stereocenters. The fourth-order valence-electron chi connectivity index (χ4n) is 12.3. The minimum atomic E-state index is -1.86. The van der Waals surface area contributed by atoms with Crippen LogP contribution in [0.5, 0.6) is 0 Å². The Morgan fingerprint density at radius 1 is 0.961 bits per heavy atom. The number of methoxy groups -OCH3 is 2. The Labute approximate surface area is 449 Å². The normalized spacial score (nSPS) is 40.6.